The number of hydrogen-bond acceptors (Lipinski definition) is 5. The van der Waals surface area contributed by atoms with Crippen molar-refractivity contribution in [2.45, 2.75) is 0 Å². The quantitative estimate of drug-likeness (QED) is 0.353. The van der Waals surface area contributed by atoms with Gasteiger partial charge in [-0.15, -0.1) is 0 Å². The molecular formula is C5H5N5O3. The lowest BCUT2D eigenvalue weighted by Gasteiger charge is -1.96. The van der Waals surface area contributed by atoms with Crippen LogP contribution in [0.25, 0.3) is 11.2 Å². The summed E-state index contributed by atoms with van der Waals surface area (Å²) in [6.07, 6.45) is 0. The van der Waals surface area contributed by atoms with Crippen molar-refractivity contribution < 1.29 is 5.21 Å². The van der Waals surface area contributed by atoms with Crippen LogP contribution in [0.5, 0.6) is 0 Å². The Hall–Kier alpha value is -2.09. The standard InChI is InChI=1S/C5H5N5O3/c11-4-6-1-2(7-4)8-5(12)9-3(1)10-13/h13H,(H4,6,7,8,9,10,11,12). The van der Waals surface area contributed by atoms with Crippen LogP contribution in [-0.4, -0.2) is 25.1 Å². The van der Waals surface area contributed by atoms with Crippen molar-refractivity contribution >= 4 is 17.0 Å². The fourth-order valence-corrected chi connectivity index (χ4v) is 1.02. The van der Waals surface area contributed by atoms with Crippen LogP contribution in [0.4, 0.5) is 5.82 Å². The van der Waals surface area contributed by atoms with E-state index in [1.165, 1.54) is 0 Å². The van der Waals surface area contributed by atoms with Gasteiger partial charge >= 0.3 is 11.4 Å². The van der Waals surface area contributed by atoms with Gasteiger partial charge in [0.2, 0.25) is 0 Å². The molecule has 0 saturated carbocycles. The van der Waals surface area contributed by atoms with Crippen LogP contribution in [0.3, 0.4) is 0 Å². The minimum atomic E-state index is -0.667. The zero-order valence-electron chi connectivity index (χ0n) is 6.21. The summed E-state index contributed by atoms with van der Waals surface area (Å²) in [5, 5.41) is 8.59. The summed E-state index contributed by atoms with van der Waals surface area (Å²) in [5.74, 6) is -0.00616. The lowest BCUT2D eigenvalue weighted by molar-refractivity contribution is 0.386. The van der Waals surface area contributed by atoms with E-state index in [0.717, 1.165) is 0 Å². The predicted molar refractivity (Wildman–Crippen MR) is 42.7 cm³/mol. The fourth-order valence-electron chi connectivity index (χ4n) is 1.02. The summed E-state index contributed by atoms with van der Waals surface area (Å²) in [6.45, 7) is 0. The molecule has 2 aromatic heterocycles. The van der Waals surface area contributed by atoms with E-state index >= 15 is 0 Å². The molecule has 8 nitrogen and oxygen atoms in total. The molecule has 0 aromatic carbocycles. The third-order valence-corrected chi connectivity index (χ3v) is 1.51. The molecule has 0 amide bonds. The highest BCUT2D eigenvalue weighted by Crippen LogP contribution is 2.09. The van der Waals surface area contributed by atoms with Crippen molar-refractivity contribution in [3.8, 4) is 0 Å². The van der Waals surface area contributed by atoms with E-state index in [0.29, 0.717) is 0 Å². The van der Waals surface area contributed by atoms with Gasteiger partial charge in [-0.2, -0.15) is 4.98 Å². The summed E-state index contributed by atoms with van der Waals surface area (Å²) in [4.78, 5) is 31.9. The van der Waals surface area contributed by atoms with Gasteiger partial charge in [-0.3, -0.25) is 20.7 Å². The second-order valence-corrected chi connectivity index (χ2v) is 2.33. The van der Waals surface area contributed by atoms with Crippen LogP contribution >= 0.6 is 0 Å². The molecule has 0 saturated heterocycles. The maximum atomic E-state index is 10.8. The van der Waals surface area contributed by atoms with E-state index in [1.54, 1.807) is 5.48 Å². The molecule has 2 rings (SSSR count). The number of hydrogen-bond donors (Lipinski definition) is 5. The Morgan fingerprint density at radius 1 is 1.23 bits per heavy atom. The molecule has 0 fully saturated rings. The lowest BCUT2D eigenvalue weighted by atomic mass is 10.5. The molecular weight excluding hydrogens is 178 g/mol. The molecule has 0 aliphatic carbocycles. The molecule has 0 bridgehead atoms. The molecule has 2 aromatic rings. The maximum absolute atomic E-state index is 10.8. The lowest BCUT2D eigenvalue weighted by Crippen LogP contribution is -2.12. The SMILES string of the molecule is O=c1nc2[nH]c(=O)[nH]c2c(NO)[nH]1. The Bertz CT molecular complexity index is 549. The highest BCUT2D eigenvalue weighted by molar-refractivity contribution is 5.81. The molecule has 0 radical (unpaired) electrons. The molecule has 0 unspecified atom stereocenters. The maximum Gasteiger partial charge on any atom is 0.348 e. The first-order valence-electron chi connectivity index (χ1n) is 3.33. The fraction of sp³-hybridized carbons (Fsp3) is 0. The van der Waals surface area contributed by atoms with Crippen LogP contribution in [0.2, 0.25) is 0 Å². The molecule has 5 N–H and O–H groups in total. The Morgan fingerprint density at radius 3 is 2.69 bits per heavy atom. The number of imidazole rings is 1. The van der Waals surface area contributed by atoms with Gasteiger partial charge < -0.3 is 4.98 Å². The third kappa shape index (κ3) is 1.08. The van der Waals surface area contributed by atoms with Gasteiger partial charge in [-0.05, 0) is 0 Å². The normalized spacial score (nSPS) is 10.5. The molecule has 0 aliphatic heterocycles. The first kappa shape index (κ1) is 7.55. The van der Waals surface area contributed by atoms with Crippen molar-refractivity contribution in [1.29, 1.82) is 0 Å². The van der Waals surface area contributed by atoms with E-state index in [4.69, 9.17) is 5.21 Å². The van der Waals surface area contributed by atoms with Crippen molar-refractivity contribution in [3.05, 3.63) is 21.0 Å². The number of aromatic nitrogens is 4. The van der Waals surface area contributed by atoms with E-state index in [9.17, 15) is 9.59 Å². The number of rotatable bonds is 1. The molecule has 68 valence electrons. The highest BCUT2D eigenvalue weighted by Gasteiger charge is 2.06. The number of nitrogens with one attached hydrogen (secondary N) is 4. The Balaban J connectivity index is 2.96. The first-order chi connectivity index (χ1) is 6.20. The minimum absolute atomic E-state index is 0.00616. The number of H-pyrrole nitrogens is 3. The third-order valence-electron chi connectivity index (χ3n) is 1.51. The zero-order valence-corrected chi connectivity index (χ0v) is 6.21. The van der Waals surface area contributed by atoms with Crippen molar-refractivity contribution in [2.24, 2.45) is 0 Å². The number of aromatic amines is 3. The molecule has 0 atom stereocenters. The van der Waals surface area contributed by atoms with Gasteiger partial charge in [-0.25, -0.2) is 9.59 Å². The summed E-state index contributed by atoms with van der Waals surface area (Å²) >= 11 is 0. The van der Waals surface area contributed by atoms with Gasteiger partial charge in [-0.1, -0.05) is 0 Å². The van der Waals surface area contributed by atoms with Gasteiger partial charge in [0.05, 0.1) is 0 Å². The number of fused-ring (bicyclic) bond motifs is 1. The van der Waals surface area contributed by atoms with E-state index in [-0.39, 0.29) is 17.0 Å². The first-order valence-corrected chi connectivity index (χ1v) is 3.33. The van der Waals surface area contributed by atoms with Gasteiger partial charge in [0, 0.05) is 0 Å². The number of nitrogens with zero attached hydrogens (tertiary/aromatic N) is 1. The summed E-state index contributed by atoms with van der Waals surface area (Å²) in [7, 11) is 0. The molecule has 8 heteroatoms. The summed E-state index contributed by atoms with van der Waals surface area (Å²) < 4.78 is 0. The van der Waals surface area contributed by atoms with Crippen LogP contribution in [-0.2, 0) is 0 Å². The van der Waals surface area contributed by atoms with E-state index in [2.05, 4.69) is 19.9 Å². The topological polar surface area (TPSA) is 127 Å². The molecule has 0 spiro atoms. The smallest absolute Gasteiger partial charge is 0.301 e. The second-order valence-electron chi connectivity index (χ2n) is 2.33. The highest BCUT2D eigenvalue weighted by atomic mass is 16.5. The van der Waals surface area contributed by atoms with Crippen molar-refractivity contribution in [1.82, 2.24) is 19.9 Å². The van der Waals surface area contributed by atoms with Gasteiger partial charge in [0.1, 0.15) is 5.52 Å². The number of anilines is 1. The molecule has 13 heavy (non-hydrogen) atoms. The zero-order chi connectivity index (χ0) is 9.42. The monoisotopic (exact) mass is 183 g/mol. The van der Waals surface area contributed by atoms with Crippen LogP contribution in [0.1, 0.15) is 0 Å². The van der Waals surface area contributed by atoms with Crippen molar-refractivity contribution in [3.63, 3.8) is 0 Å². The Kier molecular flexibility index (Phi) is 1.43. The van der Waals surface area contributed by atoms with E-state index < -0.39 is 11.4 Å². The summed E-state index contributed by atoms with van der Waals surface area (Å²) in [6, 6.07) is 0. The van der Waals surface area contributed by atoms with Crippen LogP contribution < -0.4 is 16.9 Å². The Labute approximate surface area is 69.6 Å². The van der Waals surface area contributed by atoms with Crippen LogP contribution in [0.15, 0.2) is 9.59 Å². The van der Waals surface area contributed by atoms with E-state index in [1.807, 2.05) is 0 Å². The molecule has 0 aliphatic rings. The predicted octanol–water partition coefficient (Wildman–Crippen LogP) is -1.26. The summed E-state index contributed by atoms with van der Waals surface area (Å²) in [5.41, 5.74) is 0.872. The van der Waals surface area contributed by atoms with Gasteiger partial charge in [0.25, 0.3) is 0 Å². The molecule has 2 heterocycles. The van der Waals surface area contributed by atoms with Gasteiger partial charge in [0.15, 0.2) is 11.5 Å². The largest absolute Gasteiger partial charge is 0.348 e. The van der Waals surface area contributed by atoms with Crippen LogP contribution in [0, 0.1) is 0 Å². The second kappa shape index (κ2) is 2.45. The minimum Gasteiger partial charge on any atom is -0.301 e. The average Bonchev–Trinajstić information content (AvgIpc) is 2.43. The average molecular weight is 183 g/mol. The van der Waals surface area contributed by atoms with Crippen molar-refractivity contribution in [2.75, 3.05) is 5.48 Å². The Morgan fingerprint density at radius 2 is 2.00 bits per heavy atom.